The van der Waals surface area contributed by atoms with E-state index in [-0.39, 0.29) is 48.3 Å². The summed E-state index contributed by atoms with van der Waals surface area (Å²) < 4.78 is 37.9. The summed E-state index contributed by atoms with van der Waals surface area (Å²) in [6.07, 6.45) is 17.9. The van der Waals surface area contributed by atoms with Gasteiger partial charge in [0.2, 0.25) is 0 Å². The van der Waals surface area contributed by atoms with Crippen LogP contribution in [0.3, 0.4) is 0 Å². The molecule has 0 spiro atoms. The maximum atomic E-state index is 10.7. The van der Waals surface area contributed by atoms with Crippen molar-refractivity contribution in [3.63, 3.8) is 0 Å². The number of hydrogen-bond donors (Lipinski definition) is 0. The minimum atomic E-state index is -4.16. The van der Waals surface area contributed by atoms with Crippen molar-refractivity contribution in [2.24, 2.45) is 0 Å². The molecule has 0 amide bonds. The third kappa shape index (κ3) is 17.1. The molecule has 174 valence electrons. The summed E-state index contributed by atoms with van der Waals surface area (Å²) in [5, 5.41) is 0. The second-order valence-corrected chi connectivity index (χ2v) is 9.95. The molecule has 0 unspecified atom stereocenters. The van der Waals surface area contributed by atoms with Gasteiger partial charge < -0.3 is 9.29 Å². The van der Waals surface area contributed by atoms with Crippen molar-refractivity contribution < 1.29 is 47.3 Å². The first-order chi connectivity index (χ1) is 14.5. The Hall–Kier alpha value is -0.0700. The fourth-order valence-corrected chi connectivity index (χ4v) is 4.26. The van der Waals surface area contributed by atoms with Gasteiger partial charge >= 0.3 is 29.6 Å². The molecule has 0 radical (unpaired) electrons. The molecular formula is C25H43NaO4S. The standard InChI is InChI=1S/C25H44O4S.Na/c1-3-5-7-9-11-13-16-23-18-19-25(29-20-15-21-30(26,27)28)22-24(23)17-14-12-10-8-6-4-2;/h18-19,22H,3-17,20-21H2,1-2H3,(H,26,27,28);/q;+1/p-1. The van der Waals surface area contributed by atoms with Crippen LogP contribution in [0.2, 0.25) is 0 Å². The predicted molar refractivity (Wildman–Crippen MR) is 125 cm³/mol. The maximum absolute atomic E-state index is 10.7. The van der Waals surface area contributed by atoms with Gasteiger partial charge in [0.25, 0.3) is 0 Å². The minimum Gasteiger partial charge on any atom is -0.748 e. The first kappa shape index (κ1) is 30.9. The molecule has 0 heterocycles. The van der Waals surface area contributed by atoms with Crippen LogP contribution in [-0.2, 0) is 23.0 Å². The van der Waals surface area contributed by atoms with E-state index in [4.69, 9.17) is 4.74 Å². The van der Waals surface area contributed by atoms with E-state index in [2.05, 4.69) is 26.0 Å². The van der Waals surface area contributed by atoms with Gasteiger partial charge in [0.15, 0.2) is 0 Å². The van der Waals surface area contributed by atoms with E-state index < -0.39 is 10.1 Å². The molecule has 1 rings (SSSR count). The number of benzene rings is 1. The van der Waals surface area contributed by atoms with E-state index in [1.54, 1.807) is 0 Å². The molecule has 4 nitrogen and oxygen atoms in total. The van der Waals surface area contributed by atoms with Crippen LogP contribution in [0.5, 0.6) is 5.75 Å². The summed E-state index contributed by atoms with van der Waals surface area (Å²) in [5.41, 5.74) is 2.79. The van der Waals surface area contributed by atoms with E-state index in [0.717, 1.165) is 18.6 Å². The van der Waals surface area contributed by atoms with Crippen LogP contribution in [0.4, 0.5) is 0 Å². The Balaban J connectivity index is 0.00000900. The van der Waals surface area contributed by atoms with Crippen molar-refractivity contribution in [3.8, 4) is 5.75 Å². The average Bonchev–Trinajstić information content (AvgIpc) is 2.71. The van der Waals surface area contributed by atoms with E-state index >= 15 is 0 Å². The van der Waals surface area contributed by atoms with Gasteiger partial charge in [-0.25, -0.2) is 8.42 Å². The second-order valence-electron chi connectivity index (χ2n) is 8.43. The van der Waals surface area contributed by atoms with E-state index in [1.807, 2.05) is 6.07 Å². The molecule has 0 atom stereocenters. The van der Waals surface area contributed by atoms with Gasteiger partial charge in [0, 0.05) is 5.75 Å². The van der Waals surface area contributed by atoms with Gasteiger partial charge in [-0.3, -0.25) is 0 Å². The fourth-order valence-electron chi connectivity index (χ4n) is 3.79. The molecule has 31 heavy (non-hydrogen) atoms. The summed E-state index contributed by atoms with van der Waals surface area (Å²) >= 11 is 0. The number of hydrogen-bond acceptors (Lipinski definition) is 4. The molecule has 0 saturated carbocycles. The maximum Gasteiger partial charge on any atom is 1.00 e. The van der Waals surface area contributed by atoms with Crippen LogP contribution in [-0.4, -0.2) is 25.3 Å². The van der Waals surface area contributed by atoms with Crippen LogP contribution >= 0.6 is 0 Å². The Bertz CT molecular complexity index is 661. The normalized spacial score (nSPS) is 11.3. The van der Waals surface area contributed by atoms with E-state index in [0.29, 0.717) is 0 Å². The summed E-state index contributed by atoms with van der Waals surface area (Å²) in [6, 6.07) is 6.30. The van der Waals surface area contributed by atoms with Gasteiger partial charge in [-0.05, 0) is 55.4 Å². The SMILES string of the molecule is CCCCCCCCc1ccc(OCCCS(=O)(=O)[O-])cc1CCCCCCCC.[Na+]. The van der Waals surface area contributed by atoms with Crippen molar-refractivity contribution in [3.05, 3.63) is 29.3 Å². The molecule has 1 aromatic rings. The first-order valence-electron chi connectivity index (χ1n) is 12.1. The van der Waals surface area contributed by atoms with Crippen LogP contribution < -0.4 is 34.3 Å². The van der Waals surface area contributed by atoms with Crippen LogP contribution in [0.25, 0.3) is 0 Å². The monoisotopic (exact) mass is 462 g/mol. The third-order valence-corrected chi connectivity index (χ3v) is 6.37. The average molecular weight is 463 g/mol. The van der Waals surface area contributed by atoms with Crippen LogP contribution in [0.1, 0.15) is 108 Å². The molecule has 0 bridgehead atoms. The van der Waals surface area contributed by atoms with Crippen molar-refractivity contribution in [2.45, 2.75) is 110 Å². The zero-order valence-corrected chi connectivity index (χ0v) is 23.1. The zero-order valence-electron chi connectivity index (χ0n) is 20.3. The number of aryl methyl sites for hydroxylation is 2. The van der Waals surface area contributed by atoms with Crippen LogP contribution in [0.15, 0.2) is 18.2 Å². The largest absolute Gasteiger partial charge is 1.00 e. The van der Waals surface area contributed by atoms with Gasteiger partial charge in [0.05, 0.1) is 16.7 Å². The smallest absolute Gasteiger partial charge is 0.748 e. The summed E-state index contributed by atoms with van der Waals surface area (Å²) in [7, 11) is -4.16. The van der Waals surface area contributed by atoms with Crippen molar-refractivity contribution in [1.82, 2.24) is 0 Å². The molecule has 0 aliphatic carbocycles. The van der Waals surface area contributed by atoms with Crippen LogP contribution in [0, 0.1) is 0 Å². The quantitative estimate of drug-likeness (QED) is 0.178. The Labute approximate surface area is 214 Å². The summed E-state index contributed by atoms with van der Waals surface area (Å²) in [6.45, 7) is 4.75. The molecule has 0 aliphatic rings. The Kier molecular flexibility index (Phi) is 19.4. The number of ether oxygens (including phenoxy) is 1. The second kappa shape index (κ2) is 19.4. The number of unbranched alkanes of at least 4 members (excludes halogenated alkanes) is 10. The van der Waals surface area contributed by atoms with Gasteiger partial charge in [-0.2, -0.15) is 0 Å². The van der Waals surface area contributed by atoms with Gasteiger partial charge in [0.1, 0.15) is 5.75 Å². The Morgan fingerprint density at radius 2 is 1.26 bits per heavy atom. The molecular weight excluding hydrogens is 419 g/mol. The molecule has 1 aromatic carbocycles. The van der Waals surface area contributed by atoms with Crippen molar-refractivity contribution in [2.75, 3.05) is 12.4 Å². The predicted octanol–water partition coefficient (Wildman–Crippen LogP) is 3.81. The Morgan fingerprint density at radius 3 is 1.81 bits per heavy atom. The molecule has 6 heteroatoms. The Morgan fingerprint density at radius 1 is 0.742 bits per heavy atom. The number of rotatable bonds is 19. The molecule has 0 aliphatic heterocycles. The molecule has 0 N–H and O–H groups in total. The molecule has 0 saturated heterocycles. The molecule has 0 aromatic heterocycles. The first-order valence-corrected chi connectivity index (χ1v) is 13.7. The summed E-state index contributed by atoms with van der Waals surface area (Å²) in [4.78, 5) is 0. The van der Waals surface area contributed by atoms with E-state index in [9.17, 15) is 13.0 Å². The van der Waals surface area contributed by atoms with Crippen molar-refractivity contribution >= 4 is 10.1 Å². The van der Waals surface area contributed by atoms with Gasteiger partial charge in [-0.1, -0.05) is 84.1 Å². The minimum absolute atomic E-state index is 0. The van der Waals surface area contributed by atoms with Crippen molar-refractivity contribution in [1.29, 1.82) is 0 Å². The van der Waals surface area contributed by atoms with E-state index in [1.165, 1.54) is 88.2 Å². The fraction of sp³-hybridized carbons (Fsp3) is 0.760. The summed E-state index contributed by atoms with van der Waals surface area (Å²) in [5.74, 6) is 0.416. The molecule has 0 fully saturated rings. The topological polar surface area (TPSA) is 66.4 Å². The van der Waals surface area contributed by atoms with Gasteiger partial charge in [-0.15, -0.1) is 0 Å². The zero-order chi connectivity index (χ0) is 22.1. The third-order valence-electron chi connectivity index (χ3n) is 5.58.